The van der Waals surface area contributed by atoms with Crippen LogP contribution in [0.1, 0.15) is 0 Å². The molecule has 1 aromatic carbocycles. The summed E-state index contributed by atoms with van der Waals surface area (Å²) in [5.74, 6) is 0. The highest BCUT2D eigenvalue weighted by atomic mass is 35.5. The fraction of sp³-hybridized carbons (Fsp3) is 0.0909. The average Bonchev–Trinajstić information content (AvgIpc) is 2.29. The second-order valence-electron chi connectivity index (χ2n) is 3.03. The summed E-state index contributed by atoms with van der Waals surface area (Å²) >= 11 is 13.6. The van der Waals surface area contributed by atoms with Crippen molar-refractivity contribution in [1.82, 2.24) is 9.97 Å². The highest BCUT2D eigenvalue weighted by molar-refractivity contribution is 7.98. The van der Waals surface area contributed by atoms with Crippen LogP contribution in [0, 0.1) is 0 Å². The third-order valence-electron chi connectivity index (χ3n) is 2.05. The Balaban J connectivity index is 2.58. The molecule has 0 aliphatic carbocycles. The molecule has 0 spiro atoms. The molecule has 1 aromatic heterocycles. The zero-order valence-corrected chi connectivity index (χ0v) is 10.8. The number of thioether (sulfide) groups is 1. The quantitative estimate of drug-likeness (QED) is 0.465. The van der Waals surface area contributed by atoms with Crippen molar-refractivity contribution in [3.05, 3.63) is 40.6 Å². The number of rotatable bonds is 2. The Morgan fingerprint density at radius 2 is 1.56 bits per heavy atom. The fourth-order valence-corrected chi connectivity index (χ4v) is 2.40. The summed E-state index contributed by atoms with van der Waals surface area (Å²) in [6.07, 6.45) is 1.88. The van der Waals surface area contributed by atoms with E-state index in [0.717, 1.165) is 5.56 Å². The molecule has 5 heteroatoms. The first-order valence-electron chi connectivity index (χ1n) is 4.55. The highest BCUT2D eigenvalue weighted by Crippen LogP contribution is 2.33. The third-order valence-corrected chi connectivity index (χ3v) is 3.14. The first-order valence-corrected chi connectivity index (χ1v) is 6.53. The van der Waals surface area contributed by atoms with Gasteiger partial charge in [0.05, 0.1) is 5.56 Å². The van der Waals surface area contributed by atoms with E-state index in [1.807, 2.05) is 36.6 Å². The second kappa shape index (κ2) is 5.04. The van der Waals surface area contributed by atoms with Crippen LogP contribution in [0.2, 0.25) is 10.3 Å². The molecule has 0 aliphatic heterocycles. The minimum atomic E-state index is 0.385. The predicted molar refractivity (Wildman–Crippen MR) is 69.3 cm³/mol. The van der Waals surface area contributed by atoms with Crippen LogP contribution in [-0.2, 0) is 0 Å². The molecule has 2 rings (SSSR count). The molecule has 82 valence electrons. The third kappa shape index (κ3) is 2.32. The molecule has 0 amide bonds. The molecule has 0 bridgehead atoms. The Labute approximate surface area is 108 Å². The maximum absolute atomic E-state index is 6.10. The van der Waals surface area contributed by atoms with Gasteiger partial charge >= 0.3 is 0 Å². The van der Waals surface area contributed by atoms with Gasteiger partial charge in [-0.3, -0.25) is 0 Å². The van der Waals surface area contributed by atoms with Crippen molar-refractivity contribution in [2.24, 2.45) is 0 Å². The van der Waals surface area contributed by atoms with Crippen LogP contribution in [0.4, 0.5) is 0 Å². The molecule has 0 N–H and O–H groups in total. The van der Waals surface area contributed by atoms with E-state index in [1.165, 1.54) is 11.8 Å². The Kier molecular flexibility index (Phi) is 3.69. The molecule has 2 nitrogen and oxygen atoms in total. The molecule has 0 aliphatic rings. The van der Waals surface area contributed by atoms with Gasteiger partial charge in [0.15, 0.2) is 5.16 Å². The zero-order chi connectivity index (χ0) is 11.5. The van der Waals surface area contributed by atoms with Gasteiger partial charge in [-0.25, -0.2) is 9.97 Å². The van der Waals surface area contributed by atoms with Crippen molar-refractivity contribution < 1.29 is 0 Å². The summed E-state index contributed by atoms with van der Waals surface area (Å²) in [4.78, 5) is 8.32. The van der Waals surface area contributed by atoms with E-state index in [2.05, 4.69) is 9.97 Å². The average molecular weight is 271 g/mol. The monoisotopic (exact) mass is 270 g/mol. The molecule has 0 unspecified atom stereocenters. The first-order chi connectivity index (χ1) is 7.72. The molecule has 16 heavy (non-hydrogen) atoms. The van der Waals surface area contributed by atoms with Crippen LogP contribution in [0.3, 0.4) is 0 Å². The molecule has 0 atom stereocenters. The SMILES string of the molecule is CSc1nc(Cl)c(-c2ccccc2)c(Cl)n1. The Morgan fingerprint density at radius 3 is 2.06 bits per heavy atom. The van der Waals surface area contributed by atoms with Gasteiger partial charge in [-0.2, -0.15) is 0 Å². The van der Waals surface area contributed by atoms with Gasteiger partial charge in [-0.15, -0.1) is 0 Å². The van der Waals surface area contributed by atoms with Gasteiger partial charge in [0.25, 0.3) is 0 Å². The van der Waals surface area contributed by atoms with Gasteiger partial charge < -0.3 is 0 Å². The first kappa shape index (κ1) is 11.7. The smallest absolute Gasteiger partial charge is 0.190 e. The van der Waals surface area contributed by atoms with Crippen molar-refractivity contribution in [3.63, 3.8) is 0 Å². The summed E-state index contributed by atoms with van der Waals surface area (Å²) in [5, 5.41) is 1.35. The molecule has 0 fully saturated rings. The summed E-state index contributed by atoms with van der Waals surface area (Å²) in [6.45, 7) is 0. The predicted octanol–water partition coefficient (Wildman–Crippen LogP) is 4.17. The summed E-state index contributed by atoms with van der Waals surface area (Å²) in [7, 11) is 0. The van der Waals surface area contributed by atoms with Gasteiger partial charge in [0.1, 0.15) is 10.3 Å². The molecule has 0 saturated heterocycles. The van der Waals surface area contributed by atoms with Gasteiger partial charge in [0.2, 0.25) is 0 Å². The normalized spacial score (nSPS) is 10.4. The lowest BCUT2D eigenvalue weighted by atomic mass is 10.1. The van der Waals surface area contributed by atoms with E-state index in [1.54, 1.807) is 0 Å². The summed E-state index contributed by atoms with van der Waals surface area (Å²) in [6, 6.07) is 9.63. The lowest BCUT2D eigenvalue weighted by Crippen LogP contribution is -1.92. The van der Waals surface area contributed by atoms with E-state index in [-0.39, 0.29) is 0 Å². The fourth-order valence-electron chi connectivity index (χ4n) is 1.32. The largest absolute Gasteiger partial charge is 0.210 e. The number of halogens is 2. The second-order valence-corrected chi connectivity index (χ2v) is 4.52. The van der Waals surface area contributed by atoms with Crippen LogP contribution in [-0.4, -0.2) is 16.2 Å². The van der Waals surface area contributed by atoms with Crippen molar-refractivity contribution in [1.29, 1.82) is 0 Å². The van der Waals surface area contributed by atoms with Crippen LogP contribution < -0.4 is 0 Å². The maximum Gasteiger partial charge on any atom is 0.190 e. The van der Waals surface area contributed by atoms with Crippen LogP contribution in [0.25, 0.3) is 11.1 Å². The molecule has 1 heterocycles. The topological polar surface area (TPSA) is 25.8 Å². The van der Waals surface area contributed by atoms with E-state index >= 15 is 0 Å². The van der Waals surface area contributed by atoms with Gasteiger partial charge in [-0.1, -0.05) is 65.3 Å². The highest BCUT2D eigenvalue weighted by Gasteiger charge is 2.12. The standard InChI is InChI=1S/C11H8Cl2N2S/c1-16-11-14-9(12)8(10(13)15-11)7-5-3-2-4-6-7/h2-6H,1H3. The van der Waals surface area contributed by atoms with Crippen molar-refractivity contribution >= 4 is 35.0 Å². The Bertz CT molecular complexity index is 480. The minimum absolute atomic E-state index is 0.385. The van der Waals surface area contributed by atoms with E-state index in [9.17, 15) is 0 Å². The van der Waals surface area contributed by atoms with Crippen molar-refractivity contribution in [3.8, 4) is 11.1 Å². The number of hydrogen-bond donors (Lipinski definition) is 0. The minimum Gasteiger partial charge on any atom is -0.210 e. The lowest BCUT2D eigenvalue weighted by Gasteiger charge is -2.06. The van der Waals surface area contributed by atoms with Crippen molar-refractivity contribution in [2.45, 2.75) is 5.16 Å². The lowest BCUT2D eigenvalue weighted by molar-refractivity contribution is 0.974. The van der Waals surface area contributed by atoms with Crippen LogP contribution in [0.5, 0.6) is 0 Å². The molecule has 2 aromatic rings. The maximum atomic E-state index is 6.10. The zero-order valence-electron chi connectivity index (χ0n) is 8.45. The summed E-state index contributed by atoms with van der Waals surface area (Å²) in [5.41, 5.74) is 1.60. The number of aromatic nitrogens is 2. The van der Waals surface area contributed by atoms with Crippen molar-refractivity contribution in [2.75, 3.05) is 6.26 Å². The number of benzene rings is 1. The Morgan fingerprint density at radius 1 is 1.00 bits per heavy atom. The van der Waals surface area contributed by atoms with E-state index in [4.69, 9.17) is 23.2 Å². The molecular formula is C11H8Cl2N2S. The number of hydrogen-bond acceptors (Lipinski definition) is 3. The Hall–Kier alpha value is -0.770. The molecule has 0 saturated carbocycles. The van der Waals surface area contributed by atoms with E-state index in [0.29, 0.717) is 21.0 Å². The molecular weight excluding hydrogens is 263 g/mol. The molecule has 0 radical (unpaired) electrons. The van der Waals surface area contributed by atoms with Gasteiger partial charge in [-0.05, 0) is 11.8 Å². The van der Waals surface area contributed by atoms with Gasteiger partial charge in [0, 0.05) is 0 Å². The van der Waals surface area contributed by atoms with E-state index < -0.39 is 0 Å². The van der Waals surface area contributed by atoms with Crippen LogP contribution >= 0.6 is 35.0 Å². The summed E-state index contributed by atoms with van der Waals surface area (Å²) < 4.78 is 0. The number of nitrogens with zero attached hydrogens (tertiary/aromatic N) is 2. The van der Waals surface area contributed by atoms with Crippen LogP contribution in [0.15, 0.2) is 35.5 Å².